The lowest BCUT2D eigenvalue weighted by Gasteiger charge is -2.13. The quantitative estimate of drug-likeness (QED) is 0.605. The number of aromatic nitrogens is 2. The van der Waals surface area contributed by atoms with Crippen molar-refractivity contribution >= 4 is 35.3 Å². The molecule has 1 aromatic heterocycles. The number of halogens is 3. The molecule has 166 valence electrons. The topological polar surface area (TPSA) is 109 Å². The number of carbonyl (C=O) groups is 1. The molecule has 0 amide bonds. The number of carboxylic acids is 1. The molecule has 3 heterocycles. The second-order valence-corrected chi connectivity index (χ2v) is 7.67. The minimum Gasteiger partial charge on any atom is -0.478 e. The summed E-state index contributed by atoms with van der Waals surface area (Å²) < 4.78 is 34.4. The van der Waals surface area contributed by atoms with E-state index in [1.807, 2.05) is 0 Å². The highest BCUT2D eigenvalue weighted by Gasteiger charge is 2.28. The van der Waals surface area contributed by atoms with Crippen LogP contribution in [-0.2, 0) is 16.1 Å². The van der Waals surface area contributed by atoms with Crippen LogP contribution < -0.4 is 5.32 Å². The Morgan fingerprint density at radius 2 is 1.94 bits per heavy atom. The van der Waals surface area contributed by atoms with E-state index in [0.29, 0.717) is 27.4 Å². The van der Waals surface area contributed by atoms with Crippen molar-refractivity contribution in [1.29, 1.82) is 0 Å². The molecular formula is C22H14ClF2N5O3. The SMILES string of the molecule is O=C(O)C1CN=C(Nc2ncc3c(n2)-c2ccc(Cl)cc2C(c2c(F)cccc2F)=NC3)O1. The summed E-state index contributed by atoms with van der Waals surface area (Å²) in [7, 11) is 0. The third-order valence-corrected chi connectivity index (χ3v) is 5.35. The van der Waals surface area contributed by atoms with Gasteiger partial charge in [-0.2, -0.15) is 0 Å². The summed E-state index contributed by atoms with van der Waals surface area (Å²) in [4.78, 5) is 28.2. The van der Waals surface area contributed by atoms with Crippen molar-refractivity contribution < 1.29 is 23.4 Å². The van der Waals surface area contributed by atoms with Crippen molar-refractivity contribution in [2.45, 2.75) is 12.6 Å². The molecular weight excluding hydrogens is 456 g/mol. The number of aliphatic carboxylic acids is 1. The smallest absolute Gasteiger partial charge is 0.347 e. The molecule has 0 spiro atoms. The third-order valence-electron chi connectivity index (χ3n) is 5.11. The molecule has 1 unspecified atom stereocenters. The molecule has 2 aromatic carbocycles. The second-order valence-electron chi connectivity index (χ2n) is 7.23. The summed E-state index contributed by atoms with van der Waals surface area (Å²) in [6.45, 7) is 0.0406. The van der Waals surface area contributed by atoms with Crippen LogP contribution in [0.1, 0.15) is 16.7 Å². The van der Waals surface area contributed by atoms with E-state index < -0.39 is 23.7 Å². The molecule has 0 saturated carbocycles. The van der Waals surface area contributed by atoms with Gasteiger partial charge in [-0.25, -0.2) is 28.5 Å². The van der Waals surface area contributed by atoms with Crippen molar-refractivity contribution in [2.24, 2.45) is 9.98 Å². The Balaban J connectivity index is 1.57. The van der Waals surface area contributed by atoms with Gasteiger partial charge in [-0.15, -0.1) is 0 Å². The van der Waals surface area contributed by atoms with Gasteiger partial charge in [0.2, 0.25) is 12.1 Å². The van der Waals surface area contributed by atoms with E-state index in [-0.39, 0.29) is 36.3 Å². The predicted octanol–water partition coefficient (Wildman–Crippen LogP) is 3.68. The number of amidine groups is 1. The highest BCUT2D eigenvalue weighted by molar-refractivity contribution is 6.31. The first-order valence-electron chi connectivity index (χ1n) is 9.76. The Labute approximate surface area is 190 Å². The zero-order chi connectivity index (χ0) is 23.1. The fourth-order valence-electron chi connectivity index (χ4n) is 3.59. The Morgan fingerprint density at radius 3 is 2.67 bits per heavy atom. The molecule has 2 aliphatic rings. The Kier molecular flexibility index (Phi) is 5.21. The summed E-state index contributed by atoms with van der Waals surface area (Å²) in [6.07, 6.45) is 0.444. The van der Waals surface area contributed by atoms with Gasteiger partial charge in [-0.05, 0) is 24.3 Å². The number of benzene rings is 2. The minimum atomic E-state index is -1.13. The first-order valence-corrected chi connectivity index (χ1v) is 10.1. The molecule has 0 bridgehead atoms. The van der Waals surface area contributed by atoms with E-state index in [2.05, 4.69) is 25.3 Å². The fourth-order valence-corrected chi connectivity index (χ4v) is 3.76. The zero-order valence-corrected chi connectivity index (χ0v) is 17.5. The summed E-state index contributed by atoms with van der Waals surface area (Å²) >= 11 is 6.21. The van der Waals surface area contributed by atoms with E-state index in [9.17, 15) is 13.6 Å². The van der Waals surface area contributed by atoms with Crippen molar-refractivity contribution in [1.82, 2.24) is 9.97 Å². The van der Waals surface area contributed by atoms with Crippen LogP contribution in [0.25, 0.3) is 11.3 Å². The normalized spacial score (nSPS) is 16.6. The Bertz CT molecular complexity index is 1340. The van der Waals surface area contributed by atoms with Crippen molar-refractivity contribution in [2.75, 3.05) is 11.9 Å². The summed E-state index contributed by atoms with van der Waals surface area (Å²) in [5.41, 5.74) is 1.92. The molecule has 3 aromatic rings. The van der Waals surface area contributed by atoms with E-state index in [1.54, 1.807) is 18.2 Å². The molecule has 33 heavy (non-hydrogen) atoms. The van der Waals surface area contributed by atoms with E-state index >= 15 is 0 Å². The lowest BCUT2D eigenvalue weighted by molar-refractivity contribution is -0.144. The molecule has 8 nitrogen and oxygen atoms in total. The van der Waals surface area contributed by atoms with Gasteiger partial charge in [0.1, 0.15) is 11.6 Å². The molecule has 0 aliphatic carbocycles. The highest BCUT2D eigenvalue weighted by atomic mass is 35.5. The average Bonchev–Trinajstić information content (AvgIpc) is 3.19. The van der Waals surface area contributed by atoms with Crippen molar-refractivity contribution in [3.63, 3.8) is 0 Å². The molecule has 0 saturated heterocycles. The molecule has 0 fully saturated rings. The lowest BCUT2D eigenvalue weighted by atomic mass is 9.95. The summed E-state index contributed by atoms with van der Waals surface area (Å²) in [5.74, 6) is -2.51. The number of rotatable bonds is 3. The number of carboxylic acid groups (broad SMARTS) is 1. The van der Waals surface area contributed by atoms with Gasteiger partial charge >= 0.3 is 5.97 Å². The number of nitrogens with one attached hydrogen (secondary N) is 1. The Hall–Kier alpha value is -3.92. The van der Waals surface area contributed by atoms with Crippen molar-refractivity contribution in [3.8, 4) is 11.3 Å². The average molecular weight is 470 g/mol. The minimum absolute atomic E-state index is 0.0160. The fraction of sp³-hybridized carbons (Fsp3) is 0.136. The first-order chi connectivity index (χ1) is 15.9. The van der Waals surface area contributed by atoms with Crippen LogP contribution in [0.5, 0.6) is 0 Å². The predicted molar refractivity (Wildman–Crippen MR) is 117 cm³/mol. The lowest BCUT2D eigenvalue weighted by Crippen LogP contribution is -2.26. The number of hydrogen-bond acceptors (Lipinski definition) is 7. The van der Waals surface area contributed by atoms with Gasteiger partial charge < -0.3 is 9.84 Å². The third kappa shape index (κ3) is 3.89. The molecule has 11 heteroatoms. The van der Waals surface area contributed by atoms with Crippen molar-refractivity contribution in [3.05, 3.63) is 75.9 Å². The Morgan fingerprint density at radius 1 is 1.15 bits per heavy atom. The molecule has 1 atom stereocenters. The van der Waals surface area contributed by atoms with E-state index in [1.165, 1.54) is 12.3 Å². The number of anilines is 1. The van der Waals surface area contributed by atoms with Gasteiger partial charge in [-0.1, -0.05) is 23.7 Å². The largest absolute Gasteiger partial charge is 0.478 e. The standard InChI is InChI=1S/C22H14ClF2N5O3/c23-11-4-5-12-13(6-11)19(17-14(24)2-1-3-15(17)25)26-7-10-8-27-21(29-18(10)12)30-22-28-9-16(33-22)20(31)32/h1-6,8,16H,7,9H2,(H,31,32)(H,27,28,29,30). The van der Waals surface area contributed by atoms with Gasteiger partial charge in [0.25, 0.3) is 6.02 Å². The molecule has 2 aliphatic heterocycles. The number of ether oxygens (including phenoxy) is 1. The monoisotopic (exact) mass is 469 g/mol. The van der Waals surface area contributed by atoms with Crippen LogP contribution in [0, 0.1) is 11.6 Å². The highest BCUT2D eigenvalue weighted by Crippen LogP contribution is 2.34. The number of aliphatic imine (C=N–C) groups is 2. The maximum Gasteiger partial charge on any atom is 0.347 e. The molecule has 0 radical (unpaired) electrons. The van der Waals surface area contributed by atoms with Crippen LogP contribution in [0.2, 0.25) is 5.02 Å². The molecule has 2 N–H and O–H groups in total. The van der Waals surface area contributed by atoms with Gasteiger partial charge in [0, 0.05) is 27.9 Å². The zero-order valence-electron chi connectivity index (χ0n) is 16.7. The van der Waals surface area contributed by atoms with Gasteiger partial charge in [0.15, 0.2) is 0 Å². The van der Waals surface area contributed by atoms with Crippen LogP contribution in [0.4, 0.5) is 14.7 Å². The number of fused-ring (bicyclic) bond motifs is 3. The number of hydrogen-bond donors (Lipinski definition) is 2. The summed E-state index contributed by atoms with van der Waals surface area (Å²) in [5, 5.41) is 12.2. The van der Waals surface area contributed by atoms with Gasteiger partial charge in [-0.3, -0.25) is 10.3 Å². The molecule has 5 rings (SSSR count). The van der Waals surface area contributed by atoms with E-state index in [0.717, 1.165) is 12.1 Å². The second kappa shape index (κ2) is 8.21. The van der Waals surface area contributed by atoms with Crippen LogP contribution in [-0.4, -0.2) is 45.4 Å². The maximum atomic E-state index is 14.6. The maximum absolute atomic E-state index is 14.6. The summed E-state index contributed by atoms with van der Waals surface area (Å²) in [6, 6.07) is 8.50. The van der Waals surface area contributed by atoms with Crippen LogP contribution in [0.3, 0.4) is 0 Å². The number of nitrogens with zero attached hydrogens (tertiary/aromatic N) is 4. The van der Waals surface area contributed by atoms with E-state index in [4.69, 9.17) is 21.4 Å². The van der Waals surface area contributed by atoms with Crippen LogP contribution in [0.15, 0.2) is 52.6 Å². The first kappa shape index (κ1) is 21.0. The van der Waals surface area contributed by atoms with Gasteiger partial charge in [0.05, 0.1) is 30.1 Å². The van der Waals surface area contributed by atoms with Crippen LogP contribution >= 0.6 is 11.6 Å².